The summed E-state index contributed by atoms with van der Waals surface area (Å²) in [6.07, 6.45) is -0.538. The van der Waals surface area contributed by atoms with Crippen molar-refractivity contribution < 1.29 is 15.0 Å². The lowest BCUT2D eigenvalue weighted by atomic mass is 10.2. The topological polar surface area (TPSA) is 57.5 Å². The fraction of sp³-hybridized carbons (Fsp3) is 0.800. The van der Waals surface area contributed by atoms with E-state index in [1.807, 2.05) is 0 Å². The molecule has 0 spiro atoms. The number of hydrogen-bond donors (Lipinski definition) is 4. The van der Waals surface area contributed by atoms with Gasteiger partial charge in [-0.05, 0) is 6.42 Å². The molecule has 10 heavy (non-hydrogen) atoms. The van der Waals surface area contributed by atoms with Crippen molar-refractivity contribution in [3.63, 3.8) is 0 Å². The average molecular weight is 182 g/mol. The molecule has 0 saturated carbocycles. The Hall–Kier alpha value is 0.130. The van der Waals surface area contributed by atoms with E-state index in [-0.39, 0.29) is 12.2 Å². The summed E-state index contributed by atoms with van der Waals surface area (Å²) in [6.45, 7) is 0. The lowest BCUT2D eigenvalue weighted by Crippen LogP contribution is -2.21. The van der Waals surface area contributed by atoms with Crippen LogP contribution >= 0.6 is 25.3 Å². The summed E-state index contributed by atoms with van der Waals surface area (Å²) in [5, 5.41) is 16.4. The second-order valence-corrected chi connectivity index (χ2v) is 2.91. The van der Waals surface area contributed by atoms with E-state index in [4.69, 9.17) is 10.2 Å². The van der Waals surface area contributed by atoms with Crippen molar-refractivity contribution in [3.8, 4) is 0 Å². The van der Waals surface area contributed by atoms with Gasteiger partial charge in [0.25, 0.3) is 0 Å². The summed E-state index contributed by atoms with van der Waals surface area (Å²) in [6, 6.07) is 0. The normalized spacial score (nSPS) is 16.3. The second-order valence-electron chi connectivity index (χ2n) is 1.93. The van der Waals surface area contributed by atoms with Crippen LogP contribution in [-0.2, 0) is 4.79 Å². The van der Waals surface area contributed by atoms with Gasteiger partial charge in [0.15, 0.2) is 0 Å². The van der Waals surface area contributed by atoms with E-state index in [0.29, 0.717) is 0 Å². The first-order valence-corrected chi connectivity index (χ1v) is 3.92. The van der Waals surface area contributed by atoms with Gasteiger partial charge in [0, 0.05) is 5.75 Å². The third kappa shape index (κ3) is 4.03. The number of carbonyl (C=O) groups is 1. The molecule has 0 aliphatic heterocycles. The predicted molar refractivity (Wildman–Crippen MR) is 44.9 cm³/mol. The van der Waals surface area contributed by atoms with Crippen molar-refractivity contribution in [1.82, 2.24) is 0 Å². The Morgan fingerprint density at radius 1 is 1.60 bits per heavy atom. The van der Waals surface area contributed by atoms with Gasteiger partial charge in [-0.3, -0.25) is 4.79 Å². The minimum Gasteiger partial charge on any atom is -0.480 e. The van der Waals surface area contributed by atoms with E-state index in [0.717, 1.165) is 0 Å². The number of hydrogen-bond acceptors (Lipinski definition) is 4. The number of carboxylic acid groups (broad SMARTS) is 1. The largest absolute Gasteiger partial charge is 0.480 e. The van der Waals surface area contributed by atoms with Crippen LogP contribution in [0, 0.1) is 0 Å². The first kappa shape index (κ1) is 10.1. The monoisotopic (exact) mass is 182 g/mol. The van der Waals surface area contributed by atoms with Gasteiger partial charge in [0.1, 0.15) is 5.25 Å². The van der Waals surface area contributed by atoms with Crippen molar-refractivity contribution in [3.05, 3.63) is 0 Å². The molecule has 0 aliphatic carbocycles. The molecule has 0 aromatic carbocycles. The van der Waals surface area contributed by atoms with Gasteiger partial charge in [-0.15, -0.1) is 0 Å². The zero-order valence-corrected chi connectivity index (χ0v) is 7.05. The van der Waals surface area contributed by atoms with Gasteiger partial charge in [-0.2, -0.15) is 25.3 Å². The number of aliphatic hydroxyl groups is 1. The molecular formula is C5H10O3S2. The van der Waals surface area contributed by atoms with Crippen LogP contribution in [0.1, 0.15) is 6.42 Å². The van der Waals surface area contributed by atoms with Crippen molar-refractivity contribution in [2.45, 2.75) is 17.8 Å². The SMILES string of the molecule is O=C(O)C(S)CC(O)CS. The van der Waals surface area contributed by atoms with Gasteiger partial charge in [-0.25, -0.2) is 0 Å². The van der Waals surface area contributed by atoms with Crippen LogP contribution < -0.4 is 0 Å². The highest BCUT2D eigenvalue weighted by molar-refractivity contribution is 7.81. The van der Waals surface area contributed by atoms with Crippen LogP contribution in [0.25, 0.3) is 0 Å². The molecule has 0 radical (unpaired) electrons. The van der Waals surface area contributed by atoms with E-state index >= 15 is 0 Å². The maximum Gasteiger partial charge on any atom is 0.316 e. The molecule has 0 heterocycles. The Labute approximate surface area is 70.3 Å². The maximum absolute atomic E-state index is 10.1. The van der Waals surface area contributed by atoms with E-state index in [9.17, 15) is 4.79 Å². The standard InChI is InChI=1S/C5H10O3S2/c6-3(2-9)1-4(10)5(7)8/h3-4,6,9-10H,1-2H2,(H,7,8). The highest BCUT2D eigenvalue weighted by Gasteiger charge is 2.15. The van der Waals surface area contributed by atoms with Crippen LogP contribution in [0.2, 0.25) is 0 Å². The van der Waals surface area contributed by atoms with E-state index in [1.54, 1.807) is 0 Å². The summed E-state index contributed by atoms with van der Waals surface area (Å²) in [4.78, 5) is 10.1. The number of thiol groups is 2. The quantitative estimate of drug-likeness (QED) is 0.465. The summed E-state index contributed by atoms with van der Waals surface area (Å²) in [5.41, 5.74) is 0. The third-order valence-electron chi connectivity index (χ3n) is 0.991. The summed E-state index contributed by atoms with van der Waals surface area (Å²) in [5.74, 6) is -0.742. The zero-order valence-electron chi connectivity index (χ0n) is 5.27. The lowest BCUT2D eigenvalue weighted by Gasteiger charge is -2.08. The summed E-state index contributed by atoms with van der Waals surface area (Å²) >= 11 is 7.51. The molecule has 0 rings (SSSR count). The van der Waals surface area contributed by atoms with Crippen molar-refractivity contribution in [2.75, 3.05) is 5.75 Å². The van der Waals surface area contributed by atoms with Crippen molar-refractivity contribution in [1.29, 1.82) is 0 Å². The molecule has 0 saturated heterocycles. The molecule has 0 aromatic heterocycles. The Morgan fingerprint density at radius 3 is 2.40 bits per heavy atom. The summed E-state index contributed by atoms with van der Waals surface area (Å²) in [7, 11) is 0. The first-order valence-electron chi connectivity index (χ1n) is 2.77. The second kappa shape index (κ2) is 4.87. The molecule has 2 atom stereocenters. The van der Waals surface area contributed by atoms with E-state index in [2.05, 4.69) is 25.3 Å². The number of carboxylic acids is 1. The van der Waals surface area contributed by atoms with Gasteiger partial charge in [0.05, 0.1) is 6.10 Å². The lowest BCUT2D eigenvalue weighted by molar-refractivity contribution is -0.136. The fourth-order valence-electron chi connectivity index (χ4n) is 0.433. The molecule has 60 valence electrons. The molecule has 2 unspecified atom stereocenters. The molecule has 0 amide bonds. The third-order valence-corrected chi connectivity index (χ3v) is 1.84. The van der Waals surface area contributed by atoms with Crippen LogP contribution in [0.5, 0.6) is 0 Å². The van der Waals surface area contributed by atoms with Gasteiger partial charge < -0.3 is 10.2 Å². The maximum atomic E-state index is 10.1. The Kier molecular flexibility index (Phi) is 4.93. The molecule has 2 N–H and O–H groups in total. The Bertz CT molecular complexity index is 117. The average Bonchev–Trinajstić information content (AvgIpc) is 1.87. The van der Waals surface area contributed by atoms with E-state index in [1.165, 1.54) is 0 Å². The number of rotatable bonds is 4. The summed E-state index contributed by atoms with van der Waals surface area (Å²) < 4.78 is 0. The Balaban J connectivity index is 3.56. The number of aliphatic hydroxyl groups excluding tert-OH is 1. The molecule has 0 fully saturated rings. The fourth-order valence-corrected chi connectivity index (χ4v) is 0.825. The molecule has 3 nitrogen and oxygen atoms in total. The van der Waals surface area contributed by atoms with Crippen LogP contribution in [-0.4, -0.2) is 33.3 Å². The van der Waals surface area contributed by atoms with Gasteiger partial charge in [-0.1, -0.05) is 0 Å². The minimum atomic E-state index is -1.01. The van der Waals surface area contributed by atoms with Crippen LogP contribution in [0.4, 0.5) is 0 Å². The molecular weight excluding hydrogens is 172 g/mol. The van der Waals surface area contributed by atoms with Crippen LogP contribution in [0.3, 0.4) is 0 Å². The molecule has 0 bridgehead atoms. The zero-order chi connectivity index (χ0) is 8.15. The van der Waals surface area contributed by atoms with Gasteiger partial charge >= 0.3 is 5.97 Å². The van der Waals surface area contributed by atoms with Crippen molar-refractivity contribution in [2.24, 2.45) is 0 Å². The van der Waals surface area contributed by atoms with Crippen molar-refractivity contribution >= 4 is 31.2 Å². The van der Waals surface area contributed by atoms with E-state index < -0.39 is 17.3 Å². The van der Waals surface area contributed by atoms with Crippen LogP contribution in [0.15, 0.2) is 0 Å². The molecule has 0 aromatic rings. The molecule has 0 aliphatic rings. The van der Waals surface area contributed by atoms with Gasteiger partial charge in [0.2, 0.25) is 0 Å². The minimum absolute atomic E-state index is 0.141. The Morgan fingerprint density at radius 2 is 2.10 bits per heavy atom. The highest BCUT2D eigenvalue weighted by atomic mass is 32.1. The molecule has 5 heteroatoms. The smallest absolute Gasteiger partial charge is 0.316 e. The predicted octanol–water partition coefficient (Wildman–Crippen LogP) is 0.0502. The first-order chi connectivity index (χ1) is 4.57. The number of aliphatic carboxylic acids is 1. The highest BCUT2D eigenvalue weighted by Crippen LogP contribution is 2.06.